The van der Waals surface area contributed by atoms with Crippen molar-refractivity contribution in [3.8, 4) is 0 Å². The van der Waals surface area contributed by atoms with E-state index >= 15 is 0 Å². The second-order valence-electron chi connectivity index (χ2n) is 3.42. The molecule has 15 heavy (non-hydrogen) atoms. The van der Waals surface area contributed by atoms with Crippen LogP contribution in [-0.4, -0.2) is 28.1 Å². The largest absolute Gasteiger partial charge is 0.469 e. The molecule has 1 aromatic heterocycles. The van der Waals surface area contributed by atoms with Gasteiger partial charge in [-0.2, -0.15) is 16.9 Å². The molecule has 0 N–H and O–H groups in total. The van der Waals surface area contributed by atoms with E-state index in [1.165, 1.54) is 12.7 Å². The Morgan fingerprint density at radius 2 is 2.47 bits per heavy atom. The van der Waals surface area contributed by atoms with Crippen molar-refractivity contribution in [3.63, 3.8) is 0 Å². The summed E-state index contributed by atoms with van der Waals surface area (Å²) in [7, 11) is 3.31. The van der Waals surface area contributed by atoms with Crippen LogP contribution in [0.3, 0.4) is 0 Å². The molecular weight excluding hydrogens is 212 g/mol. The molecule has 0 aromatic carbocycles. The van der Waals surface area contributed by atoms with Gasteiger partial charge in [-0.05, 0) is 5.56 Å². The van der Waals surface area contributed by atoms with Crippen molar-refractivity contribution in [2.45, 2.75) is 24.3 Å². The number of hydrogen-bond donors (Lipinski definition) is 0. The summed E-state index contributed by atoms with van der Waals surface area (Å²) in [5.74, 6) is 0.729. The number of rotatable bonds is 5. The van der Waals surface area contributed by atoms with Crippen LogP contribution >= 0.6 is 11.8 Å². The fraction of sp³-hybridized carbons (Fsp3) is 0.600. The minimum Gasteiger partial charge on any atom is -0.469 e. The van der Waals surface area contributed by atoms with Crippen molar-refractivity contribution in [2.24, 2.45) is 7.05 Å². The van der Waals surface area contributed by atoms with Gasteiger partial charge in [0.25, 0.3) is 0 Å². The number of nitrogens with zero attached hydrogens (tertiary/aromatic N) is 2. The maximum Gasteiger partial charge on any atom is 0.306 e. The maximum atomic E-state index is 11.0. The van der Waals surface area contributed by atoms with E-state index in [0.29, 0.717) is 6.42 Å². The van der Waals surface area contributed by atoms with Crippen LogP contribution in [-0.2, 0) is 22.3 Å². The van der Waals surface area contributed by atoms with Crippen molar-refractivity contribution in [1.82, 2.24) is 9.78 Å². The van der Waals surface area contributed by atoms with E-state index < -0.39 is 0 Å². The summed E-state index contributed by atoms with van der Waals surface area (Å²) in [5, 5.41) is 4.36. The van der Waals surface area contributed by atoms with Crippen LogP contribution in [0.1, 0.15) is 18.9 Å². The molecule has 0 saturated carbocycles. The van der Waals surface area contributed by atoms with E-state index in [-0.39, 0.29) is 11.2 Å². The molecule has 0 amide bonds. The van der Waals surface area contributed by atoms with E-state index in [9.17, 15) is 4.79 Å². The highest BCUT2D eigenvalue weighted by molar-refractivity contribution is 7.99. The van der Waals surface area contributed by atoms with Gasteiger partial charge in [0.2, 0.25) is 0 Å². The first kappa shape index (κ1) is 12.1. The van der Waals surface area contributed by atoms with Crippen LogP contribution < -0.4 is 0 Å². The van der Waals surface area contributed by atoms with Crippen molar-refractivity contribution in [1.29, 1.82) is 0 Å². The zero-order valence-corrected chi connectivity index (χ0v) is 10.1. The lowest BCUT2D eigenvalue weighted by molar-refractivity contribution is -0.140. The summed E-state index contributed by atoms with van der Waals surface area (Å²) in [6.45, 7) is 2.03. The number of methoxy groups -OCH3 is 1. The minimum absolute atomic E-state index is 0.152. The number of aryl methyl sites for hydroxylation is 1. The van der Waals surface area contributed by atoms with Crippen molar-refractivity contribution >= 4 is 17.7 Å². The first-order valence-corrected chi connectivity index (χ1v) is 5.82. The topological polar surface area (TPSA) is 44.1 Å². The standard InChI is InChI=1S/C10H16N2O2S/c1-8(4-10(13)14-3)15-7-9-5-11-12(2)6-9/h5-6,8H,4,7H2,1-3H3. The molecule has 4 nitrogen and oxygen atoms in total. The average molecular weight is 228 g/mol. The minimum atomic E-state index is -0.152. The Morgan fingerprint density at radius 1 is 1.73 bits per heavy atom. The third-order valence-electron chi connectivity index (χ3n) is 1.97. The third kappa shape index (κ3) is 4.38. The second-order valence-corrected chi connectivity index (χ2v) is 4.85. The van der Waals surface area contributed by atoms with Crippen molar-refractivity contribution in [2.75, 3.05) is 7.11 Å². The molecule has 0 bridgehead atoms. The summed E-state index contributed by atoms with van der Waals surface area (Å²) in [5.41, 5.74) is 1.18. The average Bonchev–Trinajstić information content (AvgIpc) is 2.61. The summed E-state index contributed by atoms with van der Waals surface area (Å²) in [6, 6.07) is 0. The number of thioether (sulfide) groups is 1. The van der Waals surface area contributed by atoms with Gasteiger partial charge in [-0.1, -0.05) is 6.92 Å². The van der Waals surface area contributed by atoms with Gasteiger partial charge in [-0.15, -0.1) is 0 Å². The normalized spacial score (nSPS) is 12.5. The number of aromatic nitrogens is 2. The molecule has 0 aliphatic rings. The second kappa shape index (κ2) is 5.80. The molecule has 1 heterocycles. The lowest BCUT2D eigenvalue weighted by Gasteiger charge is -2.08. The molecule has 0 aliphatic heterocycles. The number of ether oxygens (including phenoxy) is 1. The summed E-state index contributed by atoms with van der Waals surface area (Å²) < 4.78 is 6.39. The van der Waals surface area contributed by atoms with Gasteiger partial charge in [0, 0.05) is 24.2 Å². The zero-order chi connectivity index (χ0) is 11.3. The fourth-order valence-electron chi connectivity index (χ4n) is 1.16. The molecule has 84 valence electrons. The van der Waals surface area contributed by atoms with Crippen LogP contribution in [0.15, 0.2) is 12.4 Å². The van der Waals surface area contributed by atoms with Gasteiger partial charge in [-0.3, -0.25) is 9.48 Å². The third-order valence-corrected chi connectivity index (χ3v) is 3.21. The predicted molar refractivity (Wildman–Crippen MR) is 60.6 cm³/mol. The molecule has 1 atom stereocenters. The highest BCUT2D eigenvalue weighted by atomic mass is 32.2. The molecule has 0 fully saturated rings. The summed E-state index contributed by atoms with van der Waals surface area (Å²) in [4.78, 5) is 11.0. The summed E-state index contributed by atoms with van der Waals surface area (Å²) in [6.07, 6.45) is 4.29. The molecular formula is C10H16N2O2S. The van der Waals surface area contributed by atoms with Gasteiger partial charge in [0.05, 0.1) is 19.7 Å². The van der Waals surface area contributed by atoms with Gasteiger partial charge in [0.1, 0.15) is 0 Å². The monoisotopic (exact) mass is 228 g/mol. The van der Waals surface area contributed by atoms with Gasteiger partial charge >= 0.3 is 5.97 Å². The highest BCUT2D eigenvalue weighted by Gasteiger charge is 2.09. The Balaban J connectivity index is 2.28. The summed E-state index contributed by atoms with van der Waals surface area (Å²) >= 11 is 1.73. The lowest BCUT2D eigenvalue weighted by atomic mass is 10.3. The number of carbonyl (C=O) groups is 1. The highest BCUT2D eigenvalue weighted by Crippen LogP contribution is 2.19. The Hall–Kier alpha value is -0.970. The van der Waals surface area contributed by atoms with Gasteiger partial charge in [-0.25, -0.2) is 0 Å². The molecule has 1 aromatic rings. The van der Waals surface area contributed by atoms with E-state index in [2.05, 4.69) is 9.84 Å². The molecule has 0 spiro atoms. The Kier molecular flexibility index (Phi) is 4.68. The Labute approximate surface area is 94.0 Å². The van der Waals surface area contributed by atoms with E-state index in [1.54, 1.807) is 16.4 Å². The molecule has 1 unspecified atom stereocenters. The van der Waals surface area contributed by atoms with E-state index in [1.807, 2.05) is 26.4 Å². The SMILES string of the molecule is COC(=O)CC(C)SCc1cnn(C)c1. The maximum absolute atomic E-state index is 11.0. The van der Waals surface area contributed by atoms with Crippen LogP contribution in [0, 0.1) is 0 Å². The van der Waals surface area contributed by atoms with E-state index in [4.69, 9.17) is 0 Å². The lowest BCUT2D eigenvalue weighted by Crippen LogP contribution is -2.08. The van der Waals surface area contributed by atoms with Gasteiger partial charge < -0.3 is 4.74 Å². The van der Waals surface area contributed by atoms with Gasteiger partial charge in [0.15, 0.2) is 0 Å². The smallest absolute Gasteiger partial charge is 0.306 e. The first-order valence-electron chi connectivity index (χ1n) is 4.77. The molecule has 5 heteroatoms. The zero-order valence-electron chi connectivity index (χ0n) is 9.27. The Bertz CT molecular complexity index is 325. The van der Waals surface area contributed by atoms with E-state index in [0.717, 1.165) is 5.75 Å². The molecule has 1 rings (SSSR count). The first-order chi connectivity index (χ1) is 7.11. The van der Waals surface area contributed by atoms with Crippen LogP contribution in [0.25, 0.3) is 0 Å². The quantitative estimate of drug-likeness (QED) is 0.718. The number of hydrogen-bond acceptors (Lipinski definition) is 4. The number of carbonyl (C=O) groups excluding carboxylic acids is 1. The molecule has 0 aliphatic carbocycles. The predicted octanol–water partition coefficient (Wildman–Crippen LogP) is 1.60. The van der Waals surface area contributed by atoms with Crippen molar-refractivity contribution < 1.29 is 9.53 Å². The van der Waals surface area contributed by atoms with Crippen LogP contribution in [0.5, 0.6) is 0 Å². The Morgan fingerprint density at radius 3 is 3.00 bits per heavy atom. The molecule has 0 radical (unpaired) electrons. The molecule has 0 saturated heterocycles. The van der Waals surface area contributed by atoms with Crippen LogP contribution in [0.4, 0.5) is 0 Å². The van der Waals surface area contributed by atoms with Crippen LogP contribution in [0.2, 0.25) is 0 Å². The fourth-order valence-corrected chi connectivity index (χ4v) is 2.04. The van der Waals surface area contributed by atoms with Crippen molar-refractivity contribution in [3.05, 3.63) is 18.0 Å². The number of esters is 1.